The van der Waals surface area contributed by atoms with Crippen molar-refractivity contribution in [1.82, 2.24) is 0 Å². The largest absolute Gasteiger partial charge is 0.466 e. The van der Waals surface area contributed by atoms with Gasteiger partial charge in [0, 0.05) is 19.2 Å². The van der Waals surface area contributed by atoms with E-state index in [-0.39, 0.29) is 35.4 Å². The van der Waals surface area contributed by atoms with Crippen LogP contribution in [-0.2, 0) is 9.47 Å². The molecule has 0 aliphatic carbocycles. The van der Waals surface area contributed by atoms with Crippen molar-refractivity contribution in [2.75, 3.05) is 32.4 Å². The van der Waals surface area contributed by atoms with Crippen molar-refractivity contribution in [1.29, 1.82) is 0 Å². The number of nitro groups is 1. The van der Waals surface area contributed by atoms with Crippen LogP contribution >= 0.6 is 11.6 Å². The van der Waals surface area contributed by atoms with E-state index < -0.39 is 22.3 Å². The maximum Gasteiger partial charge on any atom is 0.282 e. The normalized spacial score (nSPS) is 10.5. The number of nitrogens with zero attached hydrogens (tertiary/aromatic N) is 1. The molecule has 27 heavy (non-hydrogen) atoms. The molecule has 2 aromatic carbocycles. The minimum Gasteiger partial charge on any atom is -0.466 e. The first-order valence-electron chi connectivity index (χ1n) is 7.67. The molecule has 0 spiro atoms. The van der Waals surface area contributed by atoms with Crippen LogP contribution in [0, 0.1) is 15.9 Å². The Kier molecular flexibility index (Phi) is 7.47. The highest BCUT2D eigenvalue weighted by Gasteiger charge is 2.21. The number of amides is 1. The Labute approximate surface area is 158 Å². The Morgan fingerprint density at radius 3 is 2.74 bits per heavy atom. The molecular formula is C17H16ClFN2O6. The number of anilines is 1. The van der Waals surface area contributed by atoms with Gasteiger partial charge in [0.15, 0.2) is 6.79 Å². The molecule has 0 aromatic heterocycles. The first-order valence-corrected chi connectivity index (χ1v) is 8.05. The number of para-hydroxylation sites is 1. The second-order valence-electron chi connectivity index (χ2n) is 5.15. The summed E-state index contributed by atoms with van der Waals surface area (Å²) in [5.41, 5.74) is -0.843. The van der Waals surface area contributed by atoms with Crippen molar-refractivity contribution in [2.45, 2.75) is 0 Å². The lowest BCUT2D eigenvalue weighted by Gasteiger charge is -2.12. The van der Waals surface area contributed by atoms with Gasteiger partial charge in [0.05, 0.1) is 28.8 Å². The quantitative estimate of drug-likeness (QED) is 0.299. The average Bonchev–Trinajstić information content (AvgIpc) is 2.64. The van der Waals surface area contributed by atoms with Gasteiger partial charge in [-0.3, -0.25) is 14.9 Å². The van der Waals surface area contributed by atoms with E-state index in [1.807, 2.05) is 0 Å². The minimum atomic E-state index is -0.842. The zero-order chi connectivity index (χ0) is 19.8. The van der Waals surface area contributed by atoms with Crippen LogP contribution in [0.2, 0.25) is 5.02 Å². The number of hydrogen-bond acceptors (Lipinski definition) is 6. The second-order valence-corrected chi connectivity index (χ2v) is 5.56. The highest BCUT2D eigenvalue weighted by Crippen LogP contribution is 2.31. The molecule has 0 heterocycles. The third-order valence-corrected chi connectivity index (χ3v) is 3.64. The maximum absolute atomic E-state index is 14.1. The van der Waals surface area contributed by atoms with Gasteiger partial charge < -0.3 is 19.5 Å². The Morgan fingerprint density at radius 2 is 2.04 bits per heavy atom. The van der Waals surface area contributed by atoms with Gasteiger partial charge in [0.2, 0.25) is 0 Å². The van der Waals surface area contributed by atoms with Gasteiger partial charge in [-0.1, -0.05) is 23.7 Å². The Hall–Kier alpha value is -2.75. The van der Waals surface area contributed by atoms with Crippen LogP contribution in [0.15, 0.2) is 36.4 Å². The van der Waals surface area contributed by atoms with Crippen molar-refractivity contribution < 1.29 is 28.3 Å². The van der Waals surface area contributed by atoms with Gasteiger partial charge in [0.25, 0.3) is 11.6 Å². The fourth-order valence-corrected chi connectivity index (χ4v) is 2.26. The molecule has 144 valence electrons. The molecule has 0 aliphatic rings. The molecule has 2 aromatic rings. The number of nitrogens with one attached hydrogen (secondary N) is 1. The number of benzene rings is 2. The topological polar surface area (TPSA) is 99.9 Å². The van der Waals surface area contributed by atoms with E-state index in [0.29, 0.717) is 6.61 Å². The number of methoxy groups -OCH3 is 1. The van der Waals surface area contributed by atoms with Gasteiger partial charge in [-0.15, -0.1) is 0 Å². The number of carbonyl (C=O) groups excluding carboxylic acids is 1. The van der Waals surface area contributed by atoms with E-state index in [2.05, 4.69) is 5.32 Å². The molecule has 0 atom stereocenters. The second kappa shape index (κ2) is 9.81. The van der Waals surface area contributed by atoms with Gasteiger partial charge in [-0.25, -0.2) is 4.39 Å². The monoisotopic (exact) mass is 398 g/mol. The molecule has 1 amide bonds. The first kappa shape index (κ1) is 20.6. The van der Waals surface area contributed by atoms with Crippen LogP contribution in [0.5, 0.6) is 5.75 Å². The molecule has 0 radical (unpaired) electrons. The molecule has 0 aliphatic heterocycles. The average molecular weight is 399 g/mol. The van der Waals surface area contributed by atoms with Crippen molar-refractivity contribution >= 4 is 28.9 Å². The summed E-state index contributed by atoms with van der Waals surface area (Å²) >= 11 is 5.91. The smallest absolute Gasteiger partial charge is 0.282 e. The fourth-order valence-electron chi connectivity index (χ4n) is 2.06. The van der Waals surface area contributed by atoms with Crippen molar-refractivity contribution in [3.05, 3.63) is 62.9 Å². The number of nitro benzene ring substituents is 1. The lowest BCUT2D eigenvalue weighted by molar-refractivity contribution is -0.385. The predicted octanol–water partition coefficient (Wildman–Crippen LogP) is 3.64. The summed E-state index contributed by atoms with van der Waals surface area (Å²) in [4.78, 5) is 22.7. The van der Waals surface area contributed by atoms with E-state index in [1.54, 1.807) is 0 Å². The highest BCUT2D eigenvalue weighted by atomic mass is 35.5. The Morgan fingerprint density at radius 1 is 1.30 bits per heavy atom. The van der Waals surface area contributed by atoms with E-state index in [9.17, 15) is 19.3 Å². The van der Waals surface area contributed by atoms with Gasteiger partial charge in [-0.2, -0.15) is 0 Å². The first-order chi connectivity index (χ1) is 12.9. The maximum atomic E-state index is 14.1. The summed E-state index contributed by atoms with van der Waals surface area (Å²) in [6.07, 6.45) is 0. The van der Waals surface area contributed by atoms with Crippen LogP contribution in [0.4, 0.5) is 15.8 Å². The summed E-state index contributed by atoms with van der Waals surface area (Å²) in [6.45, 7) is 0.501. The SMILES string of the molecule is COCCOCOc1cc(NC(=O)c2ccccc2[N+](=O)[O-])c(F)cc1Cl. The molecule has 0 saturated carbocycles. The van der Waals surface area contributed by atoms with Crippen LogP contribution in [-0.4, -0.2) is 37.9 Å². The van der Waals surface area contributed by atoms with Crippen molar-refractivity contribution in [2.24, 2.45) is 0 Å². The number of hydrogen-bond donors (Lipinski definition) is 1. The van der Waals surface area contributed by atoms with Gasteiger partial charge in [0.1, 0.15) is 17.1 Å². The molecule has 1 N–H and O–H groups in total. The molecule has 0 bridgehead atoms. The third-order valence-electron chi connectivity index (χ3n) is 3.34. The zero-order valence-corrected chi connectivity index (χ0v) is 15.0. The summed E-state index contributed by atoms with van der Waals surface area (Å²) in [6, 6.07) is 7.46. The van der Waals surface area contributed by atoms with Crippen molar-refractivity contribution in [3.63, 3.8) is 0 Å². The summed E-state index contributed by atoms with van der Waals surface area (Å²) < 4.78 is 29.4. The molecule has 0 saturated heterocycles. The van der Waals surface area contributed by atoms with Crippen LogP contribution in [0.3, 0.4) is 0 Å². The number of halogens is 2. The standard InChI is InChI=1S/C17H16ClFN2O6/c1-25-6-7-26-10-27-16-9-14(13(19)8-12(16)18)20-17(22)11-4-2-3-5-15(11)21(23)24/h2-5,8-9H,6-7,10H2,1H3,(H,20,22). The Balaban J connectivity index is 2.15. The number of ether oxygens (including phenoxy) is 3. The summed E-state index contributed by atoms with van der Waals surface area (Å²) in [7, 11) is 1.52. The predicted molar refractivity (Wildman–Crippen MR) is 95.8 cm³/mol. The molecule has 2 rings (SSSR count). The van der Waals surface area contributed by atoms with E-state index in [4.69, 9.17) is 25.8 Å². The molecular weight excluding hydrogens is 383 g/mol. The number of rotatable bonds is 9. The van der Waals surface area contributed by atoms with E-state index >= 15 is 0 Å². The molecule has 10 heteroatoms. The fraction of sp³-hybridized carbons (Fsp3) is 0.235. The molecule has 0 unspecified atom stereocenters. The lowest BCUT2D eigenvalue weighted by atomic mass is 10.1. The van der Waals surface area contributed by atoms with E-state index in [1.165, 1.54) is 37.4 Å². The zero-order valence-electron chi connectivity index (χ0n) is 14.2. The minimum absolute atomic E-state index is 0.0217. The molecule has 8 nitrogen and oxygen atoms in total. The van der Waals surface area contributed by atoms with Gasteiger partial charge >= 0.3 is 0 Å². The summed E-state index contributed by atoms with van der Waals surface area (Å²) in [5.74, 6) is -1.58. The number of carbonyl (C=O) groups is 1. The van der Waals surface area contributed by atoms with Crippen LogP contribution in [0.1, 0.15) is 10.4 Å². The van der Waals surface area contributed by atoms with Gasteiger partial charge in [-0.05, 0) is 12.1 Å². The van der Waals surface area contributed by atoms with Crippen LogP contribution < -0.4 is 10.1 Å². The highest BCUT2D eigenvalue weighted by molar-refractivity contribution is 6.32. The third kappa shape index (κ3) is 5.61. The van der Waals surface area contributed by atoms with Crippen molar-refractivity contribution in [3.8, 4) is 5.75 Å². The Bertz CT molecular complexity index is 833. The molecule has 0 fully saturated rings. The van der Waals surface area contributed by atoms with E-state index in [0.717, 1.165) is 6.07 Å². The summed E-state index contributed by atoms with van der Waals surface area (Å²) in [5, 5.41) is 13.3. The van der Waals surface area contributed by atoms with Crippen LogP contribution in [0.25, 0.3) is 0 Å². The lowest BCUT2D eigenvalue weighted by Crippen LogP contribution is -2.15.